The molecule has 1 aliphatic rings. The zero-order chi connectivity index (χ0) is 14.7. The first-order valence-corrected chi connectivity index (χ1v) is 7.40. The van der Waals surface area contributed by atoms with Gasteiger partial charge in [0.25, 0.3) is 5.91 Å². The summed E-state index contributed by atoms with van der Waals surface area (Å²) in [6, 6.07) is 4.44. The highest BCUT2D eigenvalue weighted by atomic mass is 79.9. The highest BCUT2D eigenvalue weighted by Gasteiger charge is 2.26. The molecule has 0 saturated carbocycles. The van der Waals surface area contributed by atoms with Gasteiger partial charge in [-0.2, -0.15) is 0 Å². The van der Waals surface area contributed by atoms with Crippen molar-refractivity contribution in [1.29, 1.82) is 0 Å². The summed E-state index contributed by atoms with van der Waals surface area (Å²) in [7, 11) is 0. The van der Waals surface area contributed by atoms with Crippen LogP contribution in [0.25, 0.3) is 0 Å². The maximum Gasteiger partial charge on any atom is 0.263 e. The fraction of sp³-hybridized carbons (Fsp3) is 0.500. The summed E-state index contributed by atoms with van der Waals surface area (Å²) in [6.45, 7) is 5.91. The largest absolute Gasteiger partial charge is 0.480 e. The smallest absolute Gasteiger partial charge is 0.263 e. The average Bonchev–Trinajstić information content (AvgIpc) is 2.41. The van der Waals surface area contributed by atoms with E-state index in [-0.39, 0.29) is 17.8 Å². The number of rotatable bonds is 3. The Morgan fingerprint density at radius 2 is 2.35 bits per heavy atom. The van der Waals surface area contributed by atoms with E-state index in [1.165, 1.54) is 18.2 Å². The second kappa shape index (κ2) is 6.54. The van der Waals surface area contributed by atoms with Crippen molar-refractivity contribution in [3.05, 3.63) is 28.5 Å². The molecule has 0 spiro atoms. The zero-order valence-corrected chi connectivity index (χ0v) is 13.1. The van der Waals surface area contributed by atoms with Gasteiger partial charge in [0.15, 0.2) is 6.10 Å². The van der Waals surface area contributed by atoms with Crippen LogP contribution in [0.1, 0.15) is 13.8 Å². The first-order valence-electron chi connectivity index (χ1n) is 6.61. The van der Waals surface area contributed by atoms with Crippen LogP contribution in [0, 0.1) is 5.82 Å². The van der Waals surface area contributed by atoms with Crippen LogP contribution >= 0.6 is 15.9 Å². The lowest BCUT2D eigenvalue weighted by Gasteiger charge is -2.33. The van der Waals surface area contributed by atoms with Gasteiger partial charge in [-0.1, -0.05) is 0 Å². The molecule has 1 aromatic rings. The highest BCUT2D eigenvalue weighted by molar-refractivity contribution is 9.10. The summed E-state index contributed by atoms with van der Waals surface area (Å²) in [6.07, 6.45) is -0.595. The number of ether oxygens (including phenoxy) is 1. The quantitative estimate of drug-likeness (QED) is 0.913. The first-order chi connectivity index (χ1) is 9.47. The molecule has 0 radical (unpaired) electrons. The monoisotopic (exact) mass is 344 g/mol. The number of nitrogens with zero attached hydrogens (tertiary/aromatic N) is 1. The van der Waals surface area contributed by atoms with Gasteiger partial charge in [0.1, 0.15) is 11.6 Å². The molecular formula is C14H18BrFN2O2. The maximum atomic E-state index is 13.0. The minimum absolute atomic E-state index is 0.0467. The maximum absolute atomic E-state index is 13.0. The minimum Gasteiger partial charge on any atom is -0.480 e. The van der Waals surface area contributed by atoms with Gasteiger partial charge in [-0.15, -0.1) is 0 Å². The topological polar surface area (TPSA) is 41.6 Å². The molecule has 2 unspecified atom stereocenters. The Bertz CT molecular complexity index is 498. The molecule has 0 aliphatic carbocycles. The lowest BCUT2D eigenvalue weighted by atomic mass is 10.2. The van der Waals surface area contributed by atoms with E-state index in [1.54, 1.807) is 11.8 Å². The second-order valence-electron chi connectivity index (χ2n) is 4.97. The van der Waals surface area contributed by atoms with Crippen molar-refractivity contribution >= 4 is 21.8 Å². The third-order valence-electron chi connectivity index (χ3n) is 3.23. The SMILES string of the molecule is CC1CN(C(=O)C(C)Oc2ccc(F)cc2Br)CCN1. The molecule has 1 amide bonds. The van der Waals surface area contributed by atoms with Crippen LogP contribution in [-0.4, -0.2) is 42.6 Å². The van der Waals surface area contributed by atoms with Crippen molar-refractivity contribution < 1.29 is 13.9 Å². The molecule has 1 heterocycles. The number of nitrogens with one attached hydrogen (secondary N) is 1. The van der Waals surface area contributed by atoms with Gasteiger partial charge in [0.2, 0.25) is 0 Å². The van der Waals surface area contributed by atoms with E-state index < -0.39 is 6.10 Å². The molecule has 1 N–H and O–H groups in total. The Labute approximate surface area is 126 Å². The lowest BCUT2D eigenvalue weighted by molar-refractivity contribution is -0.139. The summed E-state index contributed by atoms with van der Waals surface area (Å²) in [5.41, 5.74) is 0. The van der Waals surface area contributed by atoms with Crippen LogP contribution in [0.5, 0.6) is 5.75 Å². The van der Waals surface area contributed by atoms with E-state index in [0.717, 1.165) is 6.54 Å². The van der Waals surface area contributed by atoms with Crippen molar-refractivity contribution in [2.45, 2.75) is 26.0 Å². The van der Waals surface area contributed by atoms with Crippen LogP contribution in [-0.2, 0) is 4.79 Å². The van der Waals surface area contributed by atoms with E-state index >= 15 is 0 Å². The number of carbonyl (C=O) groups is 1. The molecule has 0 aromatic heterocycles. The standard InChI is InChI=1S/C14H18BrFN2O2/c1-9-8-18(6-5-17-9)14(19)10(2)20-13-4-3-11(16)7-12(13)15/h3-4,7,9-10,17H,5-6,8H2,1-2H3. The van der Waals surface area contributed by atoms with Crippen LogP contribution in [0.4, 0.5) is 4.39 Å². The lowest BCUT2D eigenvalue weighted by Crippen LogP contribution is -2.54. The van der Waals surface area contributed by atoms with Crippen LogP contribution in [0.2, 0.25) is 0 Å². The fourth-order valence-corrected chi connectivity index (χ4v) is 2.65. The van der Waals surface area contributed by atoms with E-state index in [2.05, 4.69) is 21.2 Å². The Hall–Kier alpha value is -1.14. The molecule has 6 heteroatoms. The molecule has 1 aromatic carbocycles. The van der Waals surface area contributed by atoms with Gasteiger partial charge in [0.05, 0.1) is 4.47 Å². The van der Waals surface area contributed by atoms with E-state index in [9.17, 15) is 9.18 Å². The molecule has 110 valence electrons. The predicted molar refractivity (Wildman–Crippen MR) is 78.2 cm³/mol. The third-order valence-corrected chi connectivity index (χ3v) is 3.85. The number of hydrogen-bond acceptors (Lipinski definition) is 3. The Morgan fingerprint density at radius 3 is 3.00 bits per heavy atom. The number of amides is 1. The zero-order valence-electron chi connectivity index (χ0n) is 11.5. The summed E-state index contributed by atoms with van der Waals surface area (Å²) in [5, 5.41) is 3.29. The molecular weight excluding hydrogens is 327 g/mol. The molecule has 2 rings (SSSR count). The molecule has 1 fully saturated rings. The number of piperazine rings is 1. The second-order valence-corrected chi connectivity index (χ2v) is 5.83. The number of hydrogen-bond donors (Lipinski definition) is 1. The van der Waals surface area contributed by atoms with Gasteiger partial charge in [-0.25, -0.2) is 4.39 Å². The van der Waals surface area contributed by atoms with Gasteiger partial charge in [-0.3, -0.25) is 4.79 Å². The van der Waals surface area contributed by atoms with Gasteiger partial charge in [0, 0.05) is 25.7 Å². The normalized spacial score (nSPS) is 20.6. The third kappa shape index (κ3) is 3.70. The predicted octanol–water partition coefficient (Wildman–Crippen LogP) is 2.18. The molecule has 0 bridgehead atoms. The Kier molecular flexibility index (Phi) is 4.99. The summed E-state index contributed by atoms with van der Waals surface area (Å²) >= 11 is 3.23. The van der Waals surface area contributed by atoms with Crippen LogP contribution in [0.3, 0.4) is 0 Å². The Morgan fingerprint density at radius 1 is 1.60 bits per heavy atom. The van der Waals surface area contributed by atoms with E-state index in [4.69, 9.17) is 4.74 Å². The van der Waals surface area contributed by atoms with Crippen molar-refractivity contribution in [3.63, 3.8) is 0 Å². The van der Waals surface area contributed by atoms with Crippen molar-refractivity contribution in [3.8, 4) is 5.75 Å². The van der Waals surface area contributed by atoms with E-state index in [1.807, 2.05) is 6.92 Å². The number of carbonyl (C=O) groups excluding carboxylic acids is 1. The van der Waals surface area contributed by atoms with E-state index in [0.29, 0.717) is 23.3 Å². The van der Waals surface area contributed by atoms with Crippen molar-refractivity contribution in [2.24, 2.45) is 0 Å². The minimum atomic E-state index is -0.595. The van der Waals surface area contributed by atoms with Gasteiger partial charge < -0.3 is 15.0 Å². The van der Waals surface area contributed by atoms with Crippen LogP contribution < -0.4 is 10.1 Å². The number of halogens is 2. The summed E-state index contributed by atoms with van der Waals surface area (Å²) < 4.78 is 19.1. The van der Waals surface area contributed by atoms with Gasteiger partial charge >= 0.3 is 0 Å². The summed E-state index contributed by atoms with van der Waals surface area (Å²) in [5.74, 6) is 0.0733. The fourth-order valence-electron chi connectivity index (χ4n) is 2.20. The summed E-state index contributed by atoms with van der Waals surface area (Å²) in [4.78, 5) is 14.1. The van der Waals surface area contributed by atoms with Crippen molar-refractivity contribution in [1.82, 2.24) is 10.2 Å². The van der Waals surface area contributed by atoms with Gasteiger partial charge in [-0.05, 0) is 48.0 Å². The van der Waals surface area contributed by atoms with Crippen molar-refractivity contribution in [2.75, 3.05) is 19.6 Å². The average molecular weight is 345 g/mol. The highest BCUT2D eigenvalue weighted by Crippen LogP contribution is 2.26. The Balaban J connectivity index is 2.00. The first kappa shape index (κ1) is 15.3. The molecule has 2 atom stereocenters. The van der Waals surface area contributed by atoms with Crippen LogP contribution in [0.15, 0.2) is 22.7 Å². The molecule has 1 aliphatic heterocycles. The molecule has 4 nitrogen and oxygen atoms in total. The molecule has 1 saturated heterocycles. The number of benzene rings is 1. The molecule has 20 heavy (non-hydrogen) atoms.